The molecule has 0 bridgehead atoms. The topological polar surface area (TPSA) is 40.5 Å². The SMILES string of the molecule is C/C=C/CN1CCCCC1CC(=O)O. The Bertz CT molecular complexity index is 213. The number of nitrogens with zero attached hydrogens (tertiary/aromatic N) is 1. The molecule has 0 saturated carbocycles. The van der Waals surface area contributed by atoms with Crippen molar-refractivity contribution in [3.63, 3.8) is 0 Å². The first-order chi connectivity index (χ1) is 6.74. The molecular weight excluding hydrogens is 178 g/mol. The summed E-state index contributed by atoms with van der Waals surface area (Å²) < 4.78 is 0. The standard InChI is InChI=1S/C11H19NO2/c1-2-3-7-12-8-5-4-6-10(12)9-11(13)14/h2-3,10H,4-9H2,1H3,(H,13,14)/b3-2+. The van der Waals surface area contributed by atoms with Gasteiger partial charge in [0.05, 0.1) is 6.42 Å². The molecule has 0 aromatic heterocycles. The predicted octanol–water partition coefficient (Wildman–Crippen LogP) is 1.89. The van der Waals surface area contributed by atoms with Gasteiger partial charge in [-0.1, -0.05) is 18.6 Å². The molecule has 0 aromatic carbocycles. The molecule has 1 heterocycles. The molecule has 1 aliphatic heterocycles. The summed E-state index contributed by atoms with van der Waals surface area (Å²) in [7, 11) is 0. The Kier molecular flexibility index (Phi) is 4.66. The van der Waals surface area contributed by atoms with Crippen molar-refractivity contribution in [2.24, 2.45) is 0 Å². The van der Waals surface area contributed by atoms with Gasteiger partial charge in [-0.3, -0.25) is 9.69 Å². The van der Waals surface area contributed by atoms with Crippen molar-refractivity contribution in [1.82, 2.24) is 4.90 Å². The Labute approximate surface area is 85.4 Å². The van der Waals surface area contributed by atoms with Gasteiger partial charge in [0.15, 0.2) is 0 Å². The van der Waals surface area contributed by atoms with Crippen LogP contribution in [0.15, 0.2) is 12.2 Å². The van der Waals surface area contributed by atoms with Crippen LogP contribution in [-0.4, -0.2) is 35.1 Å². The number of hydrogen-bond donors (Lipinski definition) is 1. The minimum absolute atomic E-state index is 0.248. The van der Waals surface area contributed by atoms with E-state index in [1.807, 2.05) is 13.0 Å². The lowest BCUT2D eigenvalue weighted by atomic mass is 9.99. The molecule has 1 fully saturated rings. The lowest BCUT2D eigenvalue weighted by Gasteiger charge is -2.34. The van der Waals surface area contributed by atoms with E-state index in [0.29, 0.717) is 0 Å². The van der Waals surface area contributed by atoms with Crippen molar-refractivity contribution in [3.05, 3.63) is 12.2 Å². The maximum Gasteiger partial charge on any atom is 0.304 e. The first kappa shape index (κ1) is 11.2. The Hall–Kier alpha value is -0.830. The van der Waals surface area contributed by atoms with Crippen LogP contribution in [0.2, 0.25) is 0 Å². The molecular formula is C11H19NO2. The van der Waals surface area contributed by atoms with E-state index in [0.717, 1.165) is 19.5 Å². The summed E-state index contributed by atoms with van der Waals surface area (Å²) in [6.45, 7) is 3.94. The van der Waals surface area contributed by atoms with Crippen LogP contribution in [0.4, 0.5) is 0 Å². The number of rotatable bonds is 4. The summed E-state index contributed by atoms with van der Waals surface area (Å²) in [4.78, 5) is 12.9. The summed E-state index contributed by atoms with van der Waals surface area (Å²) in [5, 5.41) is 8.76. The third-order valence-electron chi connectivity index (χ3n) is 2.73. The smallest absolute Gasteiger partial charge is 0.304 e. The second-order valence-electron chi connectivity index (χ2n) is 3.81. The number of piperidine rings is 1. The van der Waals surface area contributed by atoms with Crippen LogP contribution < -0.4 is 0 Å². The average Bonchev–Trinajstić information content (AvgIpc) is 2.16. The molecule has 3 nitrogen and oxygen atoms in total. The van der Waals surface area contributed by atoms with E-state index in [-0.39, 0.29) is 12.5 Å². The summed E-state index contributed by atoms with van der Waals surface area (Å²) in [6.07, 6.45) is 7.81. The molecule has 1 saturated heterocycles. The second-order valence-corrected chi connectivity index (χ2v) is 3.81. The van der Waals surface area contributed by atoms with Gasteiger partial charge in [-0.25, -0.2) is 0 Å². The van der Waals surface area contributed by atoms with E-state index in [2.05, 4.69) is 11.0 Å². The van der Waals surface area contributed by atoms with Gasteiger partial charge in [-0.05, 0) is 26.3 Å². The van der Waals surface area contributed by atoms with Gasteiger partial charge in [-0.2, -0.15) is 0 Å². The molecule has 1 rings (SSSR count). The fraction of sp³-hybridized carbons (Fsp3) is 0.727. The van der Waals surface area contributed by atoms with E-state index in [9.17, 15) is 4.79 Å². The van der Waals surface area contributed by atoms with E-state index in [1.54, 1.807) is 0 Å². The van der Waals surface area contributed by atoms with E-state index in [1.165, 1.54) is 12.8 Å². The minimum atomic E-state index is -0.678. The third kappa shape index (κ3) is 3.50. The van der Waals surface area contributed by atoms with E-state index < -0.39 is 5.97 Å². The maximum atomic E-state index is 10.6. The van der Waals surface area contributed by atoms with Gasteiger partial charge in [0, 0.05) is 12.6 Å². The summed E-state index contributed by atoms with van der Waals surface area (Å²) in [5.74, 6) is -0.678. The number of carboxylic acids is 1. The summed E-state index contributed by atoms with van der Waals surface area (Å²) in [6, 6.07) is 0.248. The number of allylic oxidation sites excluding steroid dienone is 1. The highest BCUT2D eigenvalue weighted by Crippen LogP contribution is 2.19. The number of carbonyl (C=O) groups is 1. The highest BCUT2D eigenvalue weighted by atomic mass is 16.4. The van der Waals surface area contributed by atoms with Gasteiger partial charge in [0.2, 0.25) is 0 Å². The fourth-order valence-corrected chi connectivity index (χ4v) is 1.97. The Morgan fingerprint density at radius 3 is 3.00 bits per heavy atom. The van der Waals surface area contributed by atoms with Crippen LogP contribution in [-0.2, 0) is 4.79 Å². The second kappa shape index (κ2) is 5.81. The van der Waals surface area contributed by atoms with Crippen LogP contribution in [0, 0.1) is 0 Å². The quantitative estimate of drug-likeness (QED) is 0.700. The third-order valence-corrected chi connectivity index (χ3v) is 2.73. The van der Waals surface area contributed by atoms with Gasteiger partial charge in [0.25, 0.3) is 0 Å². The number of aliphatic carboxylic acids is 1. The zero-order valence-electron chi connectivity index (χ0n) is 8.78. The molecule has 1 N–H and O–H groups in total. The molecule has 0 aliphatic carbocycles. The highest BCUT2D eigenvalue weighted by Gasteiger charge is 2.23. The summed E-state index contributed by atoms with van der Waals surface area (Å²) in [5.41, 5.74) is 0. The molecule has 0 aromatic rings. The first-order valence-corrected chi connectivity index (χ1v) is 5.31. The molecule has 0 amide bonds. The molecule has 80 valence electrons. The Morgan fingerprint density at radius 1 is 1.57 bits per heavy atom. The maximum absolute atomic E-state index is 10.6. The molecule has 3 heteroatoms. The monoisotopic (exact) mass is 197 g/mol. The highest BCUT2D eigenvalue weighted by molar-refractivity contribution is 5.67. The van der Waals surface area contributed by atoms with Crippen LogP contribution >= 0.6 is 0 Å². The van der Waals surface area contributed by atoms with E-state index in [4.69, 9.17) is 5.11 Å². The van der Waals surface area contributed by atoms with E-state index >= 15 is 0 Å². The van der Waals surface area contributed by atoms with Crippen molar-refractivity contribution >= 4 is 5.97 Å². The van der Waals surface area contributed by atoms with Crippen LogP contribution in [0.1, 0.15) is 32.6 Å². The van der Waals surface area contributed by atoms with Crippen LogP contribution in [0.3, 0.4) is 0 Å². The predicted molar refractivity (Wildman–Crippen MR) is 56.3 cm³/mol. The van der Waals surface area contributed by atoms with Crippen molar-refractivity contribution in [2.75, 3.05) is 13.1 Å². The van der Waals surface area contributed by atoms with Crippen LogP contribution in [0.5, 0.6) is 0 Å². The van der Waals surface area contributed by atoms with Crippen molar-refractivity contribution in [1.29, 1.82) is 0 Å². The van der Waals surface area contributed by atoms with Gasteiger partial charge in [-0.15, -0.1) is 0 Å². The minimum Gasteiger partial charge on any atom is -0.481 e. The number of hydrogen-bond acceptors (Lipinski definition) is 2. The zero-order valence-corrected chi connectivity index (χ0v) is 8.78. The summed E-state index contributed by atoms with van der Waals surface area (Å²) >= 11 is 0. The lowest BCUT2D eigenvalue weighted by molar-refractivity contribution is -0.138. The molecule has 1 unspecified atom stereocenters. The molecule has 1 atom stereocenters. The fourth-order valence-electron chi connectivity index (χ4n) is 1.97. The van der Waals surface area contributed by atoms with Gasteiger partial charge < -0.3 is 5.11 Å². The Morgan fingerprint density at radius 2 is 2.36 bits per heavy atom. The molecule has 0 radical (unpaired) electrons. The van der Waals surface area contributed by atoms with Crippen molar-refractivity contribution in [2.45, 2.75) is 38.6 Å². The average molecular weight is 197 g/mol. The van der Waals surface area contributed by atoms with Gasteiger partial charge >= 0.3 is 5.97 Å². The normalized spacial score (nSPS) is 24.2. The number of likely N-dealkylation sites (tertiary alicyclic amines) is 1. The van der Waals surface area contributed by atoms with Gasteiger partial charge in [0.1, 0.15) is 0 Å². The van der Waals surface area contributed by atoms with Crippen molar-refractivity contribution in [3.8, 4) is 0 Å². The molecule has 14 heavy (non-hydrogen) atoms. The Balaban J connectivity index is 2.45. The van der Waals surface area contributed by atoms with Crippen LogP contribution in [0.25, 0.3) is 0 Å². The molecule has 0 spiro atoms. The largest absolute Gasteiger partial charge is 0.481 e. The zero-order chi connectivity index (χ0) is 10.4. The number of carboxylic acid groups (broad SMARTS) is 1. The lowest BCUT2D eigenvalue weighted by Crippen LogP contribution is -2.40. The van der Waals surface area contributed by atoms with Crippen molar-refractivity contribution < 1.29 is 9.90 Å². The first-order valence-electron chi connectivity index (χ1n) is 5.31. The molecule has 1 aliphatic rings.